The number of aromatic amines is 1. The molecule has 3 rings (SSSR count). The molecule has 1 heterocycles. The van der Waals surface area contributed by atoms with Crippen molar-refractivity contribution in [1.82, 2.24) is 15.2 Å². The van der Waals surface area contributed by atoms with Gasteiger partial charge in [0, 0.05) is 24.1 Å². The Morgan fingerprint density at radius 2 is 1.96 bits per heavy atom. The van der Waals surface area contributed by atoms with Crippen molar-refractivity contribution in [2.24, 2.45) is 5.10 Å². The second kappa shape index (κ2) is 7.79. The molecule has 0 saturated carbocycles. The minimum absolute atomic E-state index is 0.0348. The highest BCUT2D eigenvalue weighted by atomic mass is 16.6. The predicted molar refractivity (Wildman–Crippen MR) is 96.2 cm³/mol. The van der Waals surface area contributed by atoms with E-state index in [9.17, 15) is 14.9 Å². The van der Waals surface area contributed by atoms with Gasteiger partial charge in [-0.3, -0.25) is 19.9 Å². The van der Waals surface area contributed by atoms with Crippen LogP contribution in [0.2, 0.25) is 0 Å². The maximum Gasteiger partial charge on any atom is 0.274 e. The summed E-state index contributed by atoms with van der Waals surface area (Å²) in [6.07, 6.45) is 1.76. The van der Waals surface area contributed by atoms with Crippen LogP contribution in [-0.2, 0) is 6.42 Å². The first-order chi connectivity index (χ1) is 12.6. The lowest BCUT2D eigenvalue weighted by atomic mass is 10.1. The molecule has 2 N–H and O–H groups in total. The molecule has 0 amide bonds. The monoisotopic (exact) mass is 350 g/mol. The summed E-state index contributed by atoms with van der Waals surface area (Å²) in [6, 6.07) is 15.4. The molecule has 0 radical (unpaired) electrons. The van der Waals surface area contributed by atoms with Crippen LogP contribution in [0.25, 0.3) is 0 Å². The number of benzene rings is 2. The van der Waals surface area contributed by atoms with Gasteiger partial charge in [-0.15, -0.1) is 10.2 Å². The van der Waals surface area contributed by atoms with E-state index in [-0.39, 0.29) is 17.2 Å². The molecule has 0 saturated heterocycles. The van der Waals surface area contributed by atoms with Crippen LogP contribution in [0.4, 0.5) is 11.6 Å². The van der Waals surface area contributed by atoms with Gasteiger partial charge in [0.15, 0.2) is 0 Å². The molecule has 0 aliphatic heterocycles. The van der Waals surface area contributed by atoms with Gasteiger partial charge in [0.25, 0.3) is 11.2 Å². The maximum atomic E-state index is 12.1. The Bertz CT molecular complexity index is 1000. The average molecular weight is 350 g/mol. The third-order valence-corrected chi connectivity index (χ3v) is 3.44. The summed E-state index contributed by atoms with van der Waals surface area (Å²) in [7, 11) is 0. The van der Waals surface area contributed by atoms with Gasteiger partial charge < -0.3 is 0 Å². The smallest absolute Gasteiger partial charge is 0.274 e. The van der Waals surface area contributed by atoms with Gasteiger partial charge in [0.2, 0.25) is 5.95 Å². The Balaban J connectivity index is 1.67. The summed E-state index contributed by atoms with van der Waals surface area (Å²) in [5.74, 6) is 0.0773. The number of anilines is 1. The lowest BCUT2D eigenvalue weighted by Crippen LogP contribution is -2.18. The predicted octanol–water partition coefficient (Wildman–Crippen LogP) is 2.11. The molecule has 0 aliphatic rings. The van der Waals surface area contributed by atoms with Crippen LogP contribution < -0.4 is 11.0 Å². The number of aromatic nitrogens is 3. The molecular weight excluding hydrogens is 336 g/mol. The highest BCUT2D eigenvalue weighted by Crippen LogP contribution is 2.11. The second-order valence-electron chi connectivity index (χ2n) is 5.33. The fraction of sp³-hybridized carbons (Fsp3) is 0.0588. The Hall–Kier alpha value is -3.88. The molecule has 0 atom stereocenters. The first-order valence-electron chi connectivity index (χ1n) is 7.65. The van der Waals surface area contributed by atoms with Gasteiger partial charge in [0.1, 0.15) is 5.69 Å². The summed E-state index contributed by atoms with van der Waals surface area (Å²) in [5.41, 5.74) is 3.93. The maximum absolute atomic E-state index is 12.1. The Kier molecular flexibility index (Phi) is 5.08. The molecule has 0 aliphatic carbocycles. The number of hydrogen-bond donors (Lipinski definition) is 2. The van der Waals surface area contributed by atoms with E-state index in [1.807, 2.05) is 30.3 Å². The van der Waals surface area contributed by atoms with E-state index in [1.165, 1.54) is 18.3 Å². The van der Waals surface area contributed by atoms with Crippen molar-refractivity contribution in [3.63, 3.8) is 0 Å². The van der Waals surface area contributed by atoms with Crippen LogP contribution in [0.15, 0.2) is 64.5 Å². The molecule has 130 valence electrons. The van der Waals surface area contributed by atoms with Crippen LogP contribution in [0, 0.1) is 10.1 Å². The lowest BCUT2D eigenvalue weighted by Gasteiger charge is -2.01. The van der Waals surface area contributed by atoms with Crippen molar-refractivity contribution in [3.8, 4) is 0 Å². The zero-order chi connectivity index (χ0) is 18.4. The summed E-state index contributed by atoms with van der Waals surface area (Å²) in [5, 5.41) is 22.4. The highest BCUT2D eigenvalue weighted by molar-refractivity contribution is 5.81. The third-order valence-electron chi connectivity index (χ3n) is 3.44. The van der Waals surface area contributed by atoms with Gasteiger partial charge in [-0.05, 0) is 5.56 Å². The molecular formula is C17H14N6O3. The number of hydrogen-bond acceptors (Lipinski definition) is 7. The van der Waals surface area contributed by atoms with E-state index in [2.05, 4.69) is 25.7 Å². The van der Waals surface area contributed by atoms with Crippen molar-refractivity contribution in [1.29, 1.82) is 0 Å². The van der Waals surface area contributed by atoms with Crippen LogP contribution in [-0.4, -0.2) is 26.3 Å². The number of hydrazone groups is 1. The molecule has 0 unspecified atom stereocenters. The van der Waals surface area contributed by atoms with Gasteiger partial charge in [0.05, 0.1) is 11.1 Å². The van der Waals surface area contributed by atoms with Crippen molar-refractivity contribution in [2.75, 3.05) is 5.43 Å². The lowest BCUT2D eigenvalue weighted by molar-refractivity contribution is -0.384. The fourth-order valence-corrected chi connectivity index (χ4v) is 2.20. The normalized spacial score (nSPS) is 10.8. The summed E-state index contributed by atoms with van der Waals surface area (Å²) in [4.78, 5) is 24.9. The summed E-state index contributed by atoms with van der Waals surface area (Å²) in [6.45, 7) is 0. The van der Waals surface area contributed by atoms with Crippen LogP contribution >= 0.6 is 0 Å². The van der Waals surface area contributed by atoms with Gasteiger partial charge in [-0.2, -0.15) is 5.10 Å². The molecule has 0 fully saturated rings. The quantitative estimate of drug-likeness (QED) is 0.398. The first kappa shape index (κ1) is 17.0. The summed E-state index contributed by atoms with van der Waals surface area (Å²) < 4.78 is 0. The van der Waals surface area contributed by atoms with Crippen LogP contribution in [0.3, 0.4) is 0 Å². The SMILES string of the molecule is O=c1[nH]c(NN=Cc2cccc([N+](=O)[O-])c2)nnc1Cc1ccccc1. The minimum Gasteiger partial charge on any atom is -0.288 e. The van der Waals surface area contributed by atoms with Crippen molar-refractivity contribution < 1.29 is 4.92 Å². The Labute approximate surface area is 147 Å². The standard InChI is InChI=1S/C17H14N6O3/c24-16-15(10-12-5-2-1-3-6-12)20-22-17(19-16)21-18-11-13-7-4-8-14(9-13)23(25)26/h1-9,11H,10H2,(H2,19,21,22,24). The number of nitro benzene ring substituents is 1. The number of nitro groups is 1. The molecule has 9 nitrogen and oxygen atoms in total. The van der Waals surface area contributed by atoms with Gasteiger partial charge >= 0.3 is 0 Å². The Morgan fingerprint density at radius 3 is 2.69 bits per heavy atom. The van der Waals surface area contributed by atoms with Gasteiger partial charge in [-0.1, -0.05) is 42.5 Å². The molecule has 0 bridgehead atoms. The molecule has 1 aromatic heterocycles. The van der Waals surface area contributed by atoms with Crippen LogP contribution in [0.5, 0.6) is 0 Å². The number of rotatable bonds is 6. The first-order valence-corrected chi connectivity index (χ1v) is 7.65. The number of non-ortho nitro benzene ring substituents is 1. The van der Waals surface area contributed by atoms with Crippen molar-refractivity contribution in [2.45, 2.75) is 6.42 Å². The molecule has 9 heteroatoms. The van der Waals surface area contributed by atoms with Crippen LogP contribution in [0.1, 0.15) is 16.8 Å². The molecule has 2 aromatic carbocycles. The van der Waals surface area contributed by atoms with E-state index in [0.717, 1.165) is 5.56 Å². The minimum atomic E-state index is -0.487. The number of nitrogens with one attached hydrogen (secondary N) is 2. The zero-order valence-electron chi connectivity index (χ0n) is 13.5. The molecule has 0 spiro atoms. The average Bonchev–Trinajstić information content (AvgIpc) is 2.65. The number of nitrogens with zero attached hydrogens (tertiary/aromatic N) is 4. The summed E-state index contributed by atoms with van der Waals surface area (Å²) >= 11 is 0. The number of H-pyrrole nitrogens is 1. The van der Waals surface area contributed by atoms with Crippen molar-refractivity contribution >= 4 is 17.9 Å². The zero-order valence-corrected chi connectivity index (χ0v) is 13.5. The van der Waals surface area contributed by atoms with Crippen molar-refractivity contribution in [3.05, 3.63) is 91.9 Å². The van der Waals surface area contributed by atoms with Gasteiger partial charge in [-0.25, -0.2) is 5.43 Å². The fourth-order valence-electron chi connectivity index (χ4n) is 2.20. The van der Waals surface area contributed by atoms with E-state index >= 15 is 0 Å². The van der Waals surface area contributed by atoms with E-state index in [1.54, 1.807) is 12.1 Å². The largest absolute Gasteiger partial charge is 0.288 e. The molecule has 26 heavy (non-hydrogen) atoms. The van der Waals surface area contributed by atoms with E-state index in [0.29, 0.717) is 17.7 Å². The second-order valence-corrected chi connectivity index (χ2v) is 5.33. The van der Waals surface area contributed by atoms with E-state index < -0.39 is 4.92 Å². The Morgan fingerprint density at radius 1 is 1.15 bits per heavy atom. The van der Waals surface area contributed by atoms with E-state index in [4.69, 9.17) is 0 Å². The molecule has 3 aromatic rings. The highest BCUT2D eigenvalue weighted by Gasteiger charge is 2.06. The third kappa shape index (κ3) is 4.35. The topological polar surface area (TPSA) is 126 Å².